The van der Waals surface area contributed by atoms with Crippen molar-refractivity contribution in [2.45, 2.75) is 6.92 Å². The Bertz CT molecular complexity index is 788. The highest BCUT2D eigenvalue weighted by molar-refractivity contribution is 5.92. The van der Waals surface area contributed by atoms with Gasteiger partial charge in [0.25, 0.3) is 5.91 Å². The molecule has 3 nitrogen and oxygen atoms in total. The molecule has 0 aliphatic carbocycles. The highest BCUT2D eigenvalue weighted by Gasteiger charge is 2.06. The fraction of sp³-hybridized carbons (Fsp3) is 0.100. The minimum atomic E-state index is -0.273. The summed E-state index contributed by atoms with van der Waals surface area (Å²) in [5.41, 5.74) is 2.09. The summed E-state index contributed by atoms with van der Waals surface area (Å²) < 4.78 is 24.7. The van der Waals surface area contributed by atoms with Gasteiger partial charge < -0.3 is 5.32 Å². The molecule has 2 aromatic carbocycles. The predicted octanol–water partition coefficient (Wildman–Crippen LogP) is 4.46. The summed E-state index contributed by atoms with van der Waals surface area (Å²) in [6.07, 6.45) is 1.61. The van der Waals surface area contributed by atoms with E-state index in [1.165, 1.54) is 24.3 Å². The molecule has 1 N–H and O–H groups in total. The zero-order valence-electron chi connectivity index (χ0n) is 13.7. The number of nitrogens with one attached hydrogen (secondary N) is 1. The van der Waals surface area contributed by atoms with E-state index in [2.05, 4.69) is 10.3 Å². The zero-order valence-corrected chi connectivity index (χ0v) is 13.7. The van der Waals surface area contributed by atoms with Crippen molar-refractivity contribution in [3.63, 3.8) is 0 Å². The lowest BCUT2D eigenvalue weighted by Crippen LogP contribution is -2.23. The van der Waals surface area contributed by atoms with Crippen LogP contribution in [0.3, 0.4) is 0 Å². The number of rotatable bonds is 3. The second-order valence-electron chi connectivity index (χ2n) is 5.09. The topological polar surface area (TPSA) is 42.0 Å². The quantitative estimate of drug-likeness (QED) is 0.765. The standard InChI is InChI=1S/C14H13FN2O.C6H5F/c1-2-16-14(18)13-8-5-11(9-17-13)10-3-6-12(15)7-4-10;7-6-4-2-1-3-5-6/h3-9H,2H2,1H3,(H,16,18);1-5H. The smallest absolute Gasteiger partial charge is 0.269 e. The molecule has 0 unspecified atom stereocenters. The molecule has 25 heavy (non-hydrogen) atoms. The van der Waals surface area contributed by atoms with Crippen LogP contribution in [0.25, 0.3) is 11.1 Å². The van der Waals surface area contributed by atoms with Gasteiger partial charge in [-0.25, -0.2) is 8.78 Å². The van der Waals surface area contributed by atoms with Crippen LogP contribution in [0.5, 0.6) is 0 Å². The van der Waals surface area contributed by atoms with Crippen molar-refractivity contribution in [2.24, 2.45) is 0 Å². The van der Waals surface area contributed by atoms with Gasteiger partial charge in [0.05, 0.1) is 0 Å². The first kappa shape index (κ1) is 18.3. The van der Waals surface area contributed by atoms with Crippen LogP contribution in [0.4, 0.5) is 8.78 Å². The van der Waals surface area contributed by atoms with Crippen LogP contribution >= 0.6 is 0 Å². The van der Waals surface area contributed by atoms with Gasteiger partial charge in [-0.2, -0.15) is 0 Å². The van der Waals surface area contributed by atoms with Crippen molar-refractivity contribution in [2.75, 3.05) is 6.54 Å². The zero-order chi connectivity index (χ0) is 18.1. The van der Waals surface area contributed by atoms with Crippen LogP contribution in [-0.4, -0.2) is 17.4 Å². The third kappa shape index (κ3) is 5.80. The largest absolute Gasteiger partial charge is 0.351 e. The number of benzene rings is 2. The average molecular weight is 340 g/mol. The number of hydrogen-bond acceptors (Lipinski definition) is 2. The molecule has 3 aromatic rings. The van der Waals surface area contributed by atoms with Crippen molar-refractivity contribution in [3.8, 4) is 11.1 Å². The van der Waals surface area contributed by atoms with Crippen LogP contribution in [0.1, 0.15) is 17.4 Å². The van der Waals surface area contributed by atoms with Gasteiger partial charge >= 0.3 is 0 Å². The van der Waals surface area contributed by atoms with E-state index in [0.29, 0.717) is 12.2 Å². The third-order valence-electron chi connectivity index (χ3n) is 3.24. The molecule has 1 heterocycles. The van der Waals surface area contributed by atoms with Crippen LogP contribution in [0.2, 0.25) is 0 Å². The first-order valence-corrected chi connectivity index (χ1v) is 7.81. The minimum Gasteiger partial charge on any atom is -0.351 e. The molecule has 1 aromatic heterocycles. The number of halogens is 2. The van der Waals surface area contributed by atoms with Crippen molar-refractivity contribution in [1.29, 1.82) is 0 Å². The lowest BCUT2D eigenvalue weighted by atomic mass is 10.1. The van der Waals surface area contributed by atoms with Gasteiger partial charge in [-0.3, -0.25) is 9.78 Å². The molecule has 5 heteroatoms. The van der Waals surface area contributed by atoms with Gasteiger partial charge in [-0.05, 0) is 42.8 Å². The number of hydrogen-bond donors (Lipinski definition) is 1. The molecule has 0 bridgehead atoms. The summed E-state index contributed by atoms with van der Waals surface area (Å²) in [5.74, 6) is -0.642. The molecule has 0 saturated heterocycles. The average Bonchev–Trinajstić information content (AvgIpc) is 2.64. The summed E-state index contributed by atoms with van der Waals surface area (Å²) in [6.45, 7) is 2.42. The van der Waals surface area contributed by atoms with Gasteiger partial charge in [0.15, 0.2) is 0 Å². The first-order valence-electron chi connectivity index (χ1n) is 7.81. The van der Waals surface area contributed by atoms with E-state index in [1.54, 1.807) is 48.7 Å². The maximum atomic E-state index is 12.8. The predicted molar refractivity (Wildman–Crippen MR) is 94.0 cm³/mol. The van der Waals surface area contributed by atoms with Crippen LogP contribution in [-0.2, 0) is 0 Å². The van der Waals surface area contributed by atoms with Gasteiger partial charge in [-0.1, -0.05) is 36.4 Å². The van der Waals surface area contributed by atoms with E-state index in [9.17, 15) is 13.6 Å². The van der Waals surface area contributed by atoms with Crippen molar-refractivity contribution in [3.05, 3.63) is 90.3 Å². The number of carbonyl (C=O) groups is 1. The second-order valence-corrected chi connectivity index (χ2v) is 5.09. The summed E-state index contributed by atoms with van der Waals surface area (Å²) in [4.78, 5) is 15.6. The van der Waals surface area contributed by atoms with Gasteiger partial charge in [0.2, 0.25) is 0 Å². The molecule has 1 amide bonds. The Morgan fingerprint density at radius 3 is 1.96 bits per heavy atom. The van der Waals surface area contributed by atoms with Gasteiger partial charge in [-0.15, -0.1) is 0 Å². The normalized spacial score (nSPS) is 9.72. The molecular formula is C20H18F2N2O. The monoisotopic (exact) mass is 340 g/mol. The molecule has 0 saturated carbocycles. The third-order valence-corrected chi connectivity index (χ3v) is 3.24. The lowest BCUT2D eigenvalue weighted by Gasteiger charge is -2.04. The molecule has 3 rings (SSSR count). The molecular weight excluding hydrogens is 322 g/mol. The highest BCUT2D eigenvalue weighted by Crippen LogP contribution is 2.18. The molecule has 0 aliphatic heterocycles. The summed E-state index contributed by atoms with van der Waals surface area (Å²) in [5, 5.41) is 2.68. The second kappa shape index (κ2) is 9.27. The fourth-order valence-corrected chi connectivity index (χ4v) is 2.01. The Kier molecular flexibility index (Phi) is 6.77. The van der Waals surface area contributed by atoms with Crippen molar-refractivity contribution < 1.29 is 13.6 Å². The van der Waals surface area contributed by atoms with E-state index < -0.39 is 0 Å². The van der Waals surface area contributed by atoms with Crippen molar-refractivity contribution >= 4 is 5.91 Å². The molecule has 128 valence electrons. The molecule has 0 fully saturated rings. The number of amides is 1. The van der Waals surface area contributed by atoms with E-state index in [1.807, 2.05) is 6.92 Å². The van der Waals surface area contributed by atoms with Crippen LogP contribution in [0, 0.1) is 11.6 Å². The molecule has 0 radical (unpaired) electrons. The Morgan fingerprint density at radius 2 is 1.48 bits per heavy atom. The van der Waals surface area contributed by atoms with Gasteiger partial charge in [0, 0.05) is 18.3 Å². The Labute approximate surface area is 145 Å². The summed E-state index contributed by atoms with van der Waals surface area (Å²) in [7, 11) is 0. The summed E-state index contributed by atoms with van der Waals surface area (Å²) in [6, 6.07) is 17.5. The SMILES string of the molecule is CCNC(=O)c1ccc(-c2ccc(F)cc2)cn1.Fc1ccccc1. The number of aromatic nitrogens is 1. The van der Waals surface area contributed by atoms with Crippen LogP contribution in [0.15, 0.2) is 72.9 Å². The lowest BCUT2D eigenvalue weighted by molar-refractivity contribution is 0.0951. The Morgan fingerprint density at radius 1 is 0.880 bits per heavy atom. The van der Waals surface area contributed by atoms with Crippen molar-refractivity contribution in [1.82, 2.24) is 10.3 Å². The maximum absolute atomic E-state index is 12.8. The number of nitrogens with zero attached hydrogens (tertiary/aromatic N) is 1. The Balaban J connectivity index is 0.000000269. The number of pyridine rings is 1. The summed E-state index contributed by atoms with van der Waals surface area (Å²) >= 11 is 0. The van der Waals surface area contributed by atoms with E-state index in [-0.39, 0.29) is 17.5 Å². The maximum Gasteiger partial charge on any atom is 0.269 e. The Hall–Kier alpha value is -3.08. The van der Waals surface area contributed by atoms with E-state index in [4.69, 9.17) is 0 Å². The number of carbonyl (C=O) groups excluding carboxylic acids is 1. The fourth-order valence-electron chi connectivity index (χ4n) is 2.01. The highest BCUT2D eigenvalue weighted by atomic mass is 19.1. The van der Waals surface area contributed by atoms with Gasteiger partial charge in [0.1, 0.15) is 17.3 Å². The van der Waals surface area contributed by atoms with E-state index >= 15 is 0 Å². The molecule has 0 aliphatic rings. The van der Waals surface area contributed by atoms with E-state index in [0.717, 1.165) is 11.1 Å². The van der Waals surface area contributed by atoms with Crippen LogP contribution < -0.4 is 5.32 Å². The molecule has 0 spiro atoms. The first-order chi connectivity index (χ1) is 12.1. The molecule has 0 atom stereocenters. The minimum absolute atomic E-state index is 0.178.